The van der Waals surface area contributed by atoms with Crippen LogP contribution in [-0.2, 0) is 6.54 Å². The van der Waals surface area contributed by atoms with Crippen LogP contribution in [0.15, 0.2) is 66.9 Å². The third kappa shape index (κ3) is 6.45. The number of nitrogens with zero attached hydrogens (tertiary/aromatic N) is 3. The van der Waals surface area contributed by atoms with Crippen LogP contribution >= 0.6 is 0 Å². The van der Waals surface area contributed by atoms with Gasteiger partial charge in [-0.05, 0) is 73.5 Å². The van der Waals surface area contributed by atoms with Crippen molar-refractivity contribution < 1.29 is 27.4 Å². The number of rotatable bonds is 7. The van der Waals surface area contributed by atoms with Gasteiger partial charge in [-0.1, -0.05) is 12.1 Å². The Bertz CT molecular complexity index is 1440. The predicted octanol–water partition coefficient (Wildman–Crippen LogP) is 5.83. The Morgan fingerprint density at radius 3 is 2.33 bits per heavy atom. The van der Waals surface area contributed by atoms with Gasteiger partial charge >= 0.3 is 6.36 Å². The topological polar surface area (TPSA) is 68.1 Å². The summed E-state index contributed by atoms with van der Waals surface area (Å²) >= 11 is 0. The van der Waals surface area contributed by atoms with E-state index in [9.17, 15) is 18.0 Å². The highest BCUT2D eigenvalue weighted by Gasteiger charge is 2.31. The lowest BCUT2D eigenvalue weighted by Gasteiger charge is -2.33. The number of nitrogens with one attached hydrogen (secondary N) is 1. The molecule has 204 valence electrons. The number of halogens is 3. The lowest BCUT2D eigenvalue weighted by molar-refractivity contribution is -0.274. The maximum atomic E-state index is 12.9. The molecule has 2 aromatic heterocycles. The first-order valence-corrected chi connectivity index (χ1v) is 12.7. The van der Waals surface area contributed by atoms with Gasteiger partial charge in [0.1, 0.15) is 17.6 Å². The second-order valence-electron chi connectivity index (χ2n) is 9.67. The largest absolute Gasteiger partial charge is 0.573 e. The zero-order chi connectivity index (χ0) is 27.6. The molecule has 0 saturated carbocycles. The fraction of sp³-hybridized carbons (Fsp3) is 0.310. The van der Waals surface area contributed by atoms with Crippen LogP contribution < -0.4 is 19.7 Å². The number of carbonyl (C=O) groups is 1. The van der Waals surface area contributed by atoms with Crippen LogP contribution in [0.4, 0.5) is 18.9 Å². The first kappa shape index (κ1) is 26.4. The van der Waals surface area contributed by atoms with Gasteiger partial charge in [0.15, 0.2) is 0 Å². The van der Waals surface area contributed by atoms with Gasteiger partial charge < -0.3 is 19.7 Å². The van der Waals surface area contributed by atoms with Crippen LogP contribution in [0.5, 0.6) is 11.5 Å². The summed E-state index contributed by atoms with van der Waals surface area (Å²) in [4.78, 5) is 15.2. The highest BCUT2D eigenvalue weighted by atomic mass is 19.4. The number of aromatic nitrogens is 2. The van der Waals surface area contributed by atoms with E-state index in [0.29, 0.717) is 23.6 Å². The van der Waals surface area contributed by atoms with Crippen molar-refractivity contribution in [2.75, 3.05) is 18.0 Å². The van der Waals surface area contributed by atoms with Crippen molar-refractivity contribution in [1.29, 1.82) is 0 Å². The number of fused-ring (bicyclic) bond motifs is 1. The van der Waals surface area contributed by atoms with Crippen LogP contribution in [0, 0.1) is 13.8 Å². The number of amides is 1. The molecule has 1 aliphatic rings. The summed E-state index contributed by atoms with van der Waals surface area (Å²) in [6.07, 6.45) is -1.29. The number of piperidine rings is 1. The zero-order valence-electron chi connectivity index (χ0n) is 21.7. The molecule has 0 atom stereocenters. The van der Waals surface area contributed by atoms with E-state index in [-0.39, 0.29) is 17.8 Å². The lowest BCUT2D eigenvalue weighted by Crippen LogP contribution is -2.38. The summed E-state index contributed by atoms with van der Waals surface area (Å²) < 4.78 is 48.6. The number of carbonyl (C=O) groups excluding carboxylic acids is 1. The van der Waals surface area contributed by atoms with Crippen molar-refractivity contribution in [1.82, 2.24) is 14.9 Å². The van der Waals surface area contributed by atoms with Gasteiger partial charge in [0.25, 0.3) is 5.91 Å². The SMILES string of the molecule is Cc1ccn2nc(C)c(C(=O)NCc3ccc(N4CCC(Oc5ccc(OC(F)(F)F)cc5)CC4)cc3)c2c1. The Hall–Kier alpha value is -4.21. The van der Waals surface area contributed by atoms with Crippen molar-refractivity contribution >= 4 is 17.1 Å². The minimum Gasteiger partial charge on any atom is -0.490 e. The number of aryl methyl sites for hydroxylation is 2. The molecule has 1 amide bonds. The third-order valence-electron chi connectivity index (χ3n) is 6.75. The fourth-order valence-electron chi connectivity index (χ4n) is 4.79. The average Bonchev–Trinajstić information content (AvgIpc) is 3.23. The molecule has 1 N–H and O–H groups in total. The van der Waals surface area contributed by atoms with Crippen LogP contribution in [-0.4, -0.2) is 41.1 Å². The predicted molar refractivity (Wildman–Crippen MR) is 141 cm³/mol. The third-order valence-corrected chi connectivity index (χ3v) is 6.75. The van der Waals surface area contributed by atoms with Gasteiger partial charge in [-0.2, -0.15) is 5.10 Å². The minimum atomic E-state index is -4.71. The van der Waals surface area contributed by atoms with Crippen molar-refractivity contribution in [3.8, 4) is 11.5 Å². The molecule has 39 heavy (non-hydrogen) atoms. The molecule has 1 saturated heterocycles. The van der Waals surface area contributed by atoms with E-state index in [2.05, 4.69) is 20.1 Å². The van der Waals surface area contributed by atoms with Gasteiger partial charge in [-0.15, -0.1) is 13.2 Å². The molecule has 4 aromatic rings. The molecular formula is C29H29F3N4O3. The van der Waals surface area contributed by atoms with Gasteiger partial charge in [0.05, 0.1) is 16.8 Å². The molecule has 1 aliphatic heterocycles. The number of benzene rings is 2. The Morgan fingerprint density at radius 1 is 1.00 bits per heavy atom. The Kier molecular flexibility index (Phi) is 7.36. The number of pyridine rings is 1. The van der Waals surface area contributed by atoms with Crippen LogP contribution in [0.3, 0.4) is 0 Å². The molecule has 2 aromatic carbocycles. The Morgan fingerprint density at radius 2 is 1.67 bits per heavy atom. The molecule has 10 heteroatoms. The normalized spacial score (nSPS) is 14.4. The summed E-state index contributed by atoms with van der Waals surface area (Å²) in [7, 11) is 0. The number of alkyl halides is 3. The first-order chi connectivity index (χ1) is 18.6. The summed E-state index contributed by atoms with van der Waals surface area (Å²) in [5.41, 5.74) is 5.22. The second kappa shape index (κ2) is 10.9. The number of anilines is 1. The molecule has 1 fully saturated rings. The van der Waals surface area contributed by atoms with Crippen LogP contribution in [0.1, 0.15) is 40.0 Å². The molecule has 0 radical (unpaired) electrons. The second-order valence-corrected chi connectivity index (χ2v) is 9.67. The maximum absolute atomic E-state index is 12.9. The van der Waals surface area contributed by atoms with E-state index in [1.807, 2.05) is 56.4 Å². The lowest BCUT2D eigenvalue weighted by atomic mass is 10.1. The van der Waals surface area contributed by atoms with E-state index in [1.165, 1.54) is 24.3 Å². The monoisotopic (exact) mass is 538 g/mol. The van der Waals surface area contributed by atoms with Crippen molar-refractivity contribution in [2.24, 2.45) is 0 Å². The van der Waals surface area contributed by atoms with E-state index in [0.717, 1.165) is 48.3 Å². The van der Waals surface area contributed by atoms with E-state index >= 15 is 0 Å². The van der Waals surface area contributed by atoms with E-state index < -0.39 is 6.36 Å². The molecule has 3 heterocycles. The summed E-state index contributed by atoms with van der Waals surface area (Å²) in [6.45, 7) is 5.82. The summed E-state index contributed by atoms with van der Waals surface area (Å²) in [5, 5.41) is 7.45. The summed E-state index contributed by atoms with van der Waals surface area (Å²) in [5.74, 6) is 0.0962. The smallest absolute Gasteiger partial charge is 0.490 e. The maximum Gasteiger partial charge on any atom is 0.573 e. The number of hydrogen-bond acceptors (Lipinski definition) is 5. The van der Waals surface area contributed by atoms with Crippen molar-refractivity contribution in [3.63, 3.8) is 0 Å². The van der Waals surface area contributed by atoms with E-state index in [1.54, 1.807) is 4.52 Å². The quantitative estimate of drug-likeness (QED) is 0.321. The molecule has 0 unspecified atom stereocenters. The molecular weight excluding hydrogens is 509 g/mol. The Labute approximate surface area is 224 Å². The zero-order valence-corrected chi connectivity index (χ0v) is 21.7. The van der Waals surface area contributed by atoms with Crippen molar-refractivity contribution in [2.45, 2.75) is 45.7 Å². The van der Waals surface area contributed by atoms with Crippen LogP contribution in [0.25, 0.3) is 5.52 Å². The molecule has 0 spiro atoms. The molecule has 0 aliphatic carbocycles. The summed E-state index contributed by atoms with van der Waals surface area (Å²) in [6, 6.07) is 17.5. The van der Waals surface area contributed by atoms with Gasteiger partial charge in [0.2, 0.25) is 0 Å². The minimum absolute atomic E-state index is 0.0164. The number of hydrogen-bond donors (Lipinski definition) is 1. The van der Waals surface area contributed by atoms with Crippen LogP contribution in [0.2, 0.25) is 0 Å². The van der Waals surface area contributed by atoms with Gasteiger partial charge in [-0.3, -0.25) is 4.79 Å². The van der Waals surface area contributed by atoms with Crippen molar-refractivity contribution in [3.05, 3.63) is 89.2 Å². The average molecular weight is 539 g/mol. The molecule has 0 bridgehead atoms. The highest BCUT2D eigenvalue weighted by Crippen LogP contribution is 2.27. The Balaban J connectivity index is 1.11. The van der Waals surface area contributed by atoms with E-state index in [4.69, 9.17) is 4.74 Å². The van der Waals surface area contributed by atoms with Gasteiger partial charge in [0, 0.05) is 44.4 Å². The standard InChI is InChI=1S/C29H29F3N4O3/c1-19-11-16-36-26(17-19)27(20(2)34-36)28(37)33-18-21-3-5-22(6-4-21)35-14-12-24(13-15-35)38-23-7-9-25(10-8-23)39-29(30,31)32/h3-11,16-17,24H,12-15,18H2,1-2H3,(H,33,37). The highest BCUT2D eigenvalue weighted by molar-refractivity contribution is 6.02. The number of ether oxygens (including phenoxy) is 2. The molecule has 5 rings (SSSR count). The fourth-order valence-corrected chi connectivity index (χ4v) is 4.79. The first-order valence-electron chi connectivity index (χ1n) is 12.7. The molecule has 7 nitrogen and oxygen atoms in total. The van der Waals surface area contributed by atoms with Gasteiger partial charge in [-0.25, -0.2) is 4.52 Å².